The number of likely N-dealkylation sites (N-methyl/N-ethyl adjacent to an activating group) is 1. The van der Waals surface area contributed by atoms with Crippen LogP contribution in [-0.2, 0) is 4.79 Å². The van der Waals surface area contributed by atoms with E-state index in [0.29, 0.717) is 22.6 Å². The molecule has 0 radical (unpaired) electrons. The second-order valence-corrected chi connectivity index (χ2v) is 6.39. The first-order chi connectivity index (χ1) is 11.6. The summed E-state index contributed by atoms with van der Waals surface area (Å²) >= 11 is 6.21. The third kappa shape index (κ3) is 4.44. The van der Waals surface area contributed by atoms with E-state index in [1.54, 1.807) is 32.4 Å². The number of carbonyl (C=O) groups is 1. The fraction of sp³-hybridized carbons (Fsp3) is 0.526. The predicted molar refractivity (Wildman–Crippen MR) is 97.9 cm³/mol. The van der Waals surface area contributed by atoms with Crippen LogP contribution in [0.5, 0.6) is 11.5 Å². The highest BCUT2D eigenvalue weighted by Gasteiger charge is 2.22. The molecule has 1 aliphatic rings. The number of hydrogen-bond donors (Lipinski definition) is 0. The molecule has 1 aliphatic carbocycles. The second-order valence-electron chi connectivity index (χ2n) is 5.99. The normalized spacial score (nSPS) is 15.5. The minimum atomic E-state index is 0.0512. The van der Waals surface area contributed by atoms with Crippen molar-refractivity contribution in [2.75, 3.05) is 20.8 Å². The summed E-state index contributed by atoms with van der Waals surface area (Å²) in [4.78, 5) is 14.5. The zero-order valence-corrected chi connectivity index (χ0v) is 15.4. The Kier molecular flexibility index (Phi) is 6.98. The lowest BCUT2D eigenvalue weighted by Crippen LogP contribution is -2.40. The topological polar surface area (TPSA) is 38.8 Å². The molecule has 24 heavy (non-hydrogen) atoms. The van der Waals surface area contributed by atoms with Gasteiger partial charge in [-0.2, -0.15) is 0 Å². The van der Waals surface area contributed by atoms with Crippen LogP contribution in [0.1, 0.15) is 44.6 Å². The van der Waals surface area contributed by atoms with Gasteiger partial charge in [-0.05, 0) is 43.5 Å². The molecule has 1 aromatic rings. The van der Waals surface area contributed by atoms with Crippen LogP contribution in [0.2, 0.25) is 5.02 Å². The summed E-state index contributed by atoms with van der Waals surface area (Å²) in [5.74, 6) is 1.10. The van der Waals surface area contributed by atoms with Gasteiger partial charge in [-0.1, -0.05) is 30.9 Å². The lowest BCUT2D eigenvalue weighted by Gasteiger charge is -2.32. The third-order valence-electron chi connectivity index (χ3n) is 4.51. The van der Waals surface area contributed by atoms with Gasteiger partial charge in [-0.25, -0.2) is 0 Å². The number of benzene rings is 1. The molecule has 1 aromatic carbocycles. The first-order valence-corrected chi connectivity index (χ1v) is 8.88. The molecule has 1 amide bonds. The van der Waals surface area contributed by atoms with Crippen LogP contribution in [0.25, 0.3) is 6.08 Å². The lowest BCUT2D eigenvalue weighted by atomic mass is 9.94. The van der Waals surface area contributed by atoms with E-state index in [4.69, 9.17) is 21.1 Å². The lowest BCUT2D eigenvalue weighted by molar-refractivity contribution is -0.128. The van der Waals surface area contributed by atoms with Crippen molar-refractivity contribution < 1.29 is 14.3 Å². The Morgan fingerprint density at radius 3 is 2.54 bits per heavy atom. The Morgan fingerprint density at radius 2 is 1.96 bits per heavy atom. The summed E-state index contributed by atoms with van der Waals surface area (Å²) in [6.07, 6.45) is 9.32. The Balaban J connectivity index is 2.13. The Labute approximate surface area is 149 Å². The van der Waals surface area contributed by atoms with E-state index < -0.39 is 0 Å². The molecule has 0 bridgehead atoms. The van der Waals surface area contributed by atoms with Crippen LogP contribution in [-0.4, -0.2) is 37.6 Å². The molecule has 0 N–H and O–H groups in total. The molecular weight excluding hydrogens is 326 g/mol. The maximum atomic E-state index is 12.6. The molecule has 132 valence electrons. The standard InChI is InChI=1S/C19H26ClNO3/c1-4-21(15-8-6-5-7-9-15)18(22)11-10-14-12-16(20)19(24-3)17(13-14)23-2/h10-13,15H,4-9H2,1-3H3/b11-10+. The Hall–Kier alpha value is -1.68. The molecule has 1 fully saturated rings. The molecule has 0 aromatic heterocycles. The number of amides is 1. The van der Waals surface area contributed by atoms with Crippen molar-refractivity contribution in [2.45, 2.75) is 45.1 Å². The summed E-state index contributed by atoms with van der Waals surface area (Å²) in [5, 5.41) is 0.462. The minimum Gasteiger partial charge on any atom is -0.493 e. The van der Waals surface area contributed by atoms with Gasteiger partial charge in [0.2, 0.25) is 5.91 Å². The third-order valence-corrected chi connectivity index (χ3v) is 4.79. The Bertz CT molecular complexity index is 595. The predicted octanol–water partition coefficient (Wildman–Crippen LogP) is 4.55. The largest absolute Gasteiger partial charge is 0.493 e. The smallest absolute Gasteiger partial charge is 0.246 e. The molecule has 0 atom stereocenters. The zero-order chi connectivity index (χ0) is 17.5. The van der Waals surface area contributed by atoms with Crippen molar-refractivity contribution in [1.29, 1.82) is 0 Å². The van der Waals surface area contributed by atoms with Gasteiger partial charge in [0.1, 0.15) is 0 Å². The molecule has 0 saturated heterocycles. The number of ether oxygens (including phenoxy) is 2. The highest BCUT2D eigenvalue weighted by molar-refractivity contribution is 6.32. The number of halogens is 1. The summed E-state index contributed by atoms with van der Waals surface area (Å²) in [7, 11) is 3.11. The van der Waals surface area contributed by atoms with Crippen LogP contribution < -0.4 is 9.47 Å². The first-order valence-electron chi connectivity index (χ1n) is 8.50. The number of hydrogen-bond acceptors (Lipinski definition) is 3. The van der Waals surface area contributed by atoms with Gasteiger partial charge in [0.25, 0.3) is 0 Å². The summed E-state index contributed by atoms with van der Waals surface area (Å²) < 4.78 is 10.5. The maximum Gasteiger partial charge on any atom is 0.246 e. The van der Waals surface area contributed by atoms with E-state index in [-0.39, 0.29) is 5.91 Å². The van der Waals surface area contributed by atoms with Crippen LogP contribution in [0.3, 0.4) is 0 Å². The molecule has 5 heteroatoms. The molecule has 0 unspecified atom stereocenters. The van der Waals surface area contributed by atoms with Gasteiger partial charge >= 0.3 is 0 Å². The van der Waals surface area contributed by atoms with Crippen molar-refractivity contribution in [3.63, 3.8) is 0 Å². The number of methoxy groups -OCH3 is 2. The van der Waals surface area contributed by atoms with E-state index in [0.717, 1.165) is 24.9 Å². The molecule has 0 heterocycles. The fourth-order valence-electron chi connectivity index (χ4n) is 3.28. The van der Waals surface area contributed by atoms with Crippen molar-refractivity contribution >= 4 is 23.6 Å². The van der Waals surface area contributed by atoms with Crippen LogP contribution in [0.15, 0.2) is 18.2 Å². The van der Waals surface area contributed by atoms with Gasteiger partial charge in [0.05, 0.1) is 19.2 Å². The average molecular weight is 352 g/mol. The van der Waals surface area contributed by atoms with Gasteiger partial charge < -0.3 is 14.4 Å². The van der Waals surface area contributed by atoms with Gasteiger partial charge in [-0.3, -0.25) is 4.79 Å². The second kappa shape index (κ2) is 8.97. The van der Waals surface area contributed by atoms with Crippen molar-refractivity contribution in [3.05, 3.63) is 28.8 Å². The van der Waals surface area contributed by atoms with Crippen LogP contribution >= 0.6 is 11.6 Å². The highest BCUT2D eigenvalue weighted by Crippen LogP contribution is 2.36. The van der Waals surface area contributed by atoms with Gasteiger partial charge in [0.15, 0.2) is 11.5 Å². The number of rotatable bonds is 6. The first kappa shape index (κ1) is 18.7. The molecule has 0 aliphatic heterocycles. The highest BCUT2D eigenvalue weighted by atomic mass is 35.5. The van der Waals surface area contributed by atoms with Crippen LogP contribution in [0, 0.1) is 0 Å². The Morgan fingerprint density at radius 1 is 1.25 bits per heavy atom. The zero-order valence-electron chi connectivity index (χ0n) is 14.7. The quantitative estimate of drug-likeness (QED) is 0.705. The number of nitrogens with zero attached hydrogens (tertiary/aromatic N) is 1. The monoisotopic (exact) mass is 351 g/mol. The molecular formula is C19H26ClNO3. The van der Waals surface area contributed by atoms with E-state index in [2.05, 4.69) is 0 Å². The minimum absolute atomic E-state index is 0.0512. The van der Waals surface area contributed by atoms with Gasteiger partial charge in [-0.15, -0.1) is 0 Å². The van der Waals surface area contributed by atoms with E-state index in [9.17, 15) is 4.79 Å². The average Bonchev–Trinajstić information content (AvgIpc) is 2.61. The molecule has 2 rings (SSSR count). The van der Waals surface area contributed by atoms with Crippen molar-refractivity contribution in [1.82, 2.24) is 4.90 Å². The van der Waals surface area contributed by atoms with Gasteiger partial charge in [0, 0.05) is 18.7 Å². The SMILES string of the molecule is CCN(C(=O)/C=C/c1cc(Cl)c(OC)c(OC)c1)C1CCCCC1. The van der Waals surface area contributed by atoms with Crippen LogP contribution in [0.4, 0.5) is 0 Å². The summed E-state index contributed by atoms with van der Waals surface area (Å²) in [6, 6.07) is 3.95. The molecule has 0 spiro atoms. The van der Waals surface area contributed by atoms with E-state index in [1.807, 2.05) is 17.9 Å². The number of carbonyl (C=O) groups excluding carboxylic acids is 1. The van der Waals surface area contributed by atoms with E-state index in [1.165, 1.54) is 19.3 Å². The molecule has 4 nitrogen and oxygen atoms in total. The van der Waals surface area contributed by atoms with Crippen molar-refractivity contribution in [2.24, 2.45) is 0 Å². The maximum absolute atomic E-state index is 12.6. The summed E-state index contributed by atoms with van der Waals surface area (Å²) in [5.41, 5.74) is 0.811. The van der Waals surface area contributed by atoms with Crippen molar-refractivity contribution in [3.8, 4) is 11.5 Å². The molecule has 1 saturated carbocycles. The van der Waals surface area contributed by atoms with E-state index >= 15 is 0 Å². The fourth-order valence-corrected chi connectivity index (χ4v) is 3.58. The summed E-state index contributed by atoms with van der Waals surface area (Å²) in [6.45, 7) is 2.77.